The van der Waals surface area contributed by atoms with Gasteiger partial charge in [0.15, 0.2) is 5.65 Å². The SMILES string of the molecule is Cc1cc(C)cc(-n2ncc3c(=O)n(Cc4nc(-c5ccc(Cl)cc5)no4)cnc32)c1. The minimum atomic E-state index is -0.230. The highest BCUT2D eigenvalue weighted by Crippen LogP contribution is 2.19. The molecule has 0 saturated heterocycles. The summed E-state index contributed by atoms with van der Waals surface area (Å²) >= 11 is 5.92. The van der Waals surface area contributed by atoms with Gasteiger partial charge in [-0.3, -0.25) is 9.36 Å². The maximum Gasteiger partial charge on any atom is 0.264 e. The average molecular weight is 433 g/mol. The molecule has 9 heteroatoms. The summed E-state index contributed by atoms with van der Waals surface area (Å²) in [7, 11) is 0. The van der Waals surface area contributed by atoms with E-state index in [2.05, 4.69) is 26.3 Å². The quantitative estimate of drug-likeness (QED) is 0.427. The number of rotatable bonds is 4. The van der Waals surface area contributed by atoms with Crippen LogP contribution in [0.2, 0.25) is 5.02 Å². The Kier molecular flexibility index (Phi) is 4.63. The molecule has 31 heavy (non-hydrogen) atoms. The van der Waals surface area contributed by atoms with Gasteiger partial charge < -0.3 is 4.52 Å². The summed E-state index contributed by atoms with van der Waals surface area (Å²) in [4.78, 5) is 21.8. The summed E-state index contributed by atoms with van der Waals surface area (Å²) in [6.45, 7) is 4.15. The van der Waals surface area contributed by atoms with E-state index in [0.717, 1.165) is 22.4 Å². The summed E-state index contributed by atoms with van der Waals surface area (Å²) in [5, 5.41) is 9.41. The molecular weight excluding hydrogens is 416 g/mol. The first kappa shape index (κ1) is 19.2. The van der Waals surface area contributed by atoms with Gasteiger partial charge in [0.2, 0.25) is 11.7 Å². The number of hydrogen-bond acceptors (Lipinski definition) is 6. The second-order valence-electron chi connectivity index (χ2n) is 7.34. The van der Waals surface area contributed by atoms with Crippen LogP contribution >= 0.6 is 11.6 Å². The van der Waals surface area contributed by atoms with Crippen LogP contribution in [0.4, 0.5) is 0 Å². The first-order valence-electron chi connectivity index (χ1n) is 9.58. The molecular formula is C22H17ClN6O2. The molecule has 0 spiro atoms. The van der Waals surface area contributed by atoms with Gasteiger partial charge in [0.05, 0.1) is 11.9 Å². The molecule has 0 atom stereocenters. The molecule has 3 aromatic heterocycles. The zero-order valence-corrected chi connectivity index (χ0v) is 17.5. The molecule has 5 aromatic rings. The van der Waals surface area contributed by atoms with Crippen molar-refractivity contribution < 1.29 is 4.52 Å². The van der Waals surface area contributed by atoms with Crippen LogP contribution < -0.4 is 5.56 Å². The molecule has 0 aliphatic rings. The summed E-state index contributed by atoms with van der Waals surface area (Å²) < 4.78 is 8.42. The standard InChI is InChI=1S/C22H17ClN6O2/c1-13-7-14(2)9-17(8-13)29-21-18(10-25-29)22(30)28(12-24-21)11-19-26-20(27-31-19)15-3-5-16(23)6-4-15/h3-10,12H,11H2,1-2H3. The van der Waals surface area contributed by atoms with Crippen molar-refractivity contribution >= 4 is 22.6 Å². The molecule has 3 heterocycles. The highest BCUT2D eigenvalue weighted by atomic mass is 35.5. The molecule has 5 rings (SSSR count). The monoisotopic (exact) mass is 432 g/mol. The van der Waals surface area contributed by atoms with E-state index in [-0.39, 0.29) is 12.1 Å². The van der Waals surface area contributed by atoms with Gasteiger partial charge in [0.25, 0.3) is 5.56 Å². The van der Waals surface area contributed by atoms with Crippen LogP contribution in [0, 0.1) is 13.8 Å². The molecule has 154 valence electrons. The fourth-order valence-electron chi connectivity index (χ4n) is 3.50. The Hall–Kier alpha value is -3.78. The fourth-order valence-corrected chi connectivity index (χ4v) is 3.63. The van der Waals surface area contributed by atoms with Crippen molar-refractivity contribution in [1.29, 1.82) is 0 Å². The Morgan fingerprint density at radius 2 is 1.81 bits per heavy atom. The van der Waals surface area contributed by atoms with Crippen LogP contribution in [0.25, 0.3) is 28.1 Å². The van der Waals surface area contributed by atoms with E-state index >= 15 is 0 Å². The lowest BCUT2D eigenvalue weighted by Gasteiger charge is -2.06. The molecule has 0 bridgehead atoms. The predicted octanol–water partition coefficient (Wildman–Crippen LogP) is 3.95. The van der Waals surface area contributed by atoms with Crippen molar-refractivity contribution in [3.8, 4) is 17.1 Å². The molecule has 0 N–H and O–H groups in total. The van der Waals surface area contributed by atoms with Gasteiger partial charge in [0, 0.05) is 10.6 Å². The smallest absolute Gasteiger partial charge is 0.264 e. The van der Waals surface area contributed by atoms with E-state index < -0.39 is 0 Å². The number of aryl methyl sites for hydroxylation is 2. The normalized spacial score (nSPS) is 11.3. The highest BCUT2D eigenvalue weighted by molar-refractivity contribution is 6.30. The molecule has 2 aromatic carbocycles. The summed E-state index contributed by atoms with van der Waals surface area (Å²) in [5.74, 6) is 0.728. The zero-order chi connectivity index (χ0) is 21.5. The van der Waals surface area contributed by atoms with Gasteiger partial charge >= 0.3 is 0 Å². The Morgan fingerprint density at radius 1 is 1.06 bits per heavy atom. The van der Waals surface area contributed by atoms with Crippen molar-refractivity contribution in [3.05, 3.63) is 87.4 Å². The molecule has 8 nitrogen and oxygen atoms in total. The maximum atomic E-state index is 13.0. The highest BCUT2D eigenvalue weighted by Gasteiger charge is 2.15. The number of nitrogens with zero attached hydrogens (tertiary/aromatic N) is 6. The number of aromatic nitrogens is 6. The topological polar surface area (TPSA) is 91.6 Å². The van der Waals surface area contributed by atoms with Crippen LogP contribution in [0.5, 0.6) is 0 Å². The fraction of sp³-hybridized carbons (Fsp3) is 0.136. The first-order chi connectivity index (χ1) is 15.0. The third kappa shape index (κ3) is 3.62. The second kappa shape index (κ2) is 7.48. The van der Waals surface area contributed by atoms with Gasteiger partial charge in [0.1, 0.15) is 18.3 Å². The van der Waals surface area contributed by atoms with Crippen molar-refractivity contribution in [2.75, 3.05) is 0 Å². The lowest BCUT2D eigenvalue weighted by atomic mass is 10.1. The Morgan fingerprint density at radius 3 is 2.55 bits per heavy atom. The lowest BCUT2D eigenvalue weighted by Crippen LogP contribution is -2.21. The minimum absolute atomic E-state index is 0.108. The Labute approximate surface area is 181 Å². The largest absolute Gasteiger partial charge is 0.337 e. The minimum Gasteiger partial charge on any atom is -0.337 e. The number of hydrogen-bond donors (Lipinski definition) is 0. The molecule has 0 radical (unpaired) electrons. The van der Waals surface area contributed by atoms with Gasteiger partial charge in [-0.1, -0.05) is 22.8 Å². The third-order valence-corrected chi connectivity index (χ3v) is 5.13. The van der Waals surface area contributed by atoms with Crippen LogP contribution in [-0.4, -0.2) is 29.5 Å². The van der Waals surface area contributed by atoms with Crippen LogP contribution in [0.15, 0.2) is 64.3 Å². The molecule has 0 unspecified atom stereocenters. The molecule has 0 fully saturated rings. The van der Waals surface area contributed by atoms with Crippen LogP contribution in [0.3, 0.4) is 0 Å². The zero-order valence-electron chi connectivity index (χ0n) is 16.8. The average Bonchev–Trinajstić information content (AvgIpc) is 3.37. The summed E-state index contributed by atoms with van der Waals surface area (Å²) in [5.41, 5.74) is 4.13. The van der Waals surface area contributed by atoms with Crippen molar-refractivity contribution in [2.24, 2.45) is 0 Å². The lowest BCUT2D eigenvalue weighted by molar-refractivity contribution is 0.369. The summed E-state index contributed by atoms with van der Waals surface area (Å²) in [6.07, 6.45) is 3.00. The van der Waals surface area contributed by atoms with E-state index in [0.29, 0.717) is 27.8 Å². The van der Waals surface area contributed by atoms with E-state index in [1.807, 2.05) is 26.0 Å². The summed E-state index contributed by atoms with van der Waals surface area (Å²) in [6, 6.07) is 13.2. The van der Waals surface area contributed by atoms with E-state index in [1.54, 1.807) is 28.9 Å². The Bertz CT molecular complexity index is 1450. The van der Waals surface area contributed by atoms with Gasteiger partial charge in [-0.25, -0.2) is 9.67 Å². The van der Waals surface area contributed by atoms with E-state index in [9.17, 15) is 4.79 Å². The predicted molar refractivity (Wildman–Crippen MR) is 116 cm³/mol. The third-order valence-electron chi connectivity index (χ3n) is 4.88. The second-order valence-corrected chi connectivity index (χ2v) is 7.77. The molecule has 0 amide bonds. The molecule has 0 saturated carbocycles. The number of halogens is 1. The molecule has 0 aliphatic carbocycles. The van der Waals surface area contributed by atoms with Gasteiger partial charge in [-0.05, 0) is 61.4 Å². The van der Waals surface area contributed by atoms with E-state index in [1.165, 1.54) is 17.1 Å². The van der Waals surface area contributed by atoms with Gasteiger partial charge in [-0.15, -0.1) is 0 Å². The van der Waals surface area contributed by atoms with Crippen LogP contribution in [0.1, 0.15) is 17.0 Å². The van der Waals surface area contributed by atoms with Gasteiger partial charge in [-0.2, -0.15) is 10.1 Å². The van der Waals surface area contributed by atoms with Crippen molar-refractivity contribution in [3.63, 3.8) is 0 Å². The molecule has 0 aliphatic heterocycles. The van der Waals surface area contributed by atoms with Crippen LogP contribution in [-0.2, 0) is 6.54 Å². The maximum absolute atomic E-state index is 13.0. The Balaban J connectivity index is 1.47. The first-order valence-corrected chi connectivity index (χ1v) is 9.96. The number of benzene rings is 2. The van der Waals surface area contributed by atoms with Crippen molar-refractivity contribution in [1.82, 2.24) is 29.5 Å². The van der Waals surface area contributed by atoms with Crippen molar-refractivity contribution in [2.45, 2.75) is 20.4 Å². The number of fused-ring (bicyclic) bond motifs is 1. The van der Waals surface area contributed by atoms with E-state index in [4.69, 9.17) is 16.1 Å².